The molecule has 0 saturated carbocycles. The van der Waals surface area contributed by atoms with Crippen molar-refractivity contribution >= 4 is 14.3 Å². The summed E-state index contributed by atoms with van der Waals surface area (Å²) in [6, 6.07) is 0. The molecule has 0 spiro atoms. The molecule has 4 nitrogen and oxygen atoms in total. The number of aliphatic carboxylic acids is 1. The van der Waals surface area contributed by atoms with E-state index in [1.807, 2.05) is 0 Å². The smallest absolute Gasteiger partial charge is 0.329 e. The average molecular weight is 192 g/mol. The second kappa shape index (κ2) is 5.29. The van der Waals surface area contributed by atoms with Gasteiger partial charge >= 0.3 is 5.97 Å². The fourth-order valence-electron chi connectivity index (χ4n) is 0.566. The molecular weight excluding hydrogens is 176 g/mol. The number of hydrogen-bond donors (Lipinski definition) is 1. The van der Waals surface area contributed by atoms with Crippen molar-refractivity contribution in [2.75, 3.05) is 19.8 Å². The molecule has 0 aliphatic heterocycles. The molecule has 12 heavy (non-hydrogen) atoms. The third-order valence-electron chi connectivity index (χ3n) is 0.988. The van der Waals surface area contributed by atoms with Gasteiger partial charge in [-0.2, -0.15) is 0 Å². The van der Waals surface area contributed by atoms with Gasteiger partial charge in [0, 0.05) is 0 Å². The summed E-state index contributed by atoms with van der Waals surface area (Å²) in [7, 11) is -1.46. The van der Waals surface area contributed by atoms with E-state index >= 15 is 0 Å². The Labute approximate surface area is 73.6 Å². The normalized spacial score (nSPS) is 11.6. The van der Waals surface area contributed by atoms with Gasteiger partial charge in [0.25, 0.3) is 0 Å². The number of carboxylic acid groups (broad SMARTS) is 1. The second-order valence-corrected chi connectivity index (χ2v) is 7.92. The van der Waals surface area contributed by atoms with Crippen LogP contribution in [-0.4, -0.2) is 39.2 Å². The van der Waals surface area contributed by atoms with Crippen molar-refractivity contribution in [3.8, 4) is 0 Å². The zero-order valence-corrected chi connectivity index (χ0v) is 8.79. The molecule has 0 aliphatic rings. The molecule has 0 saturated heterocycles. The van der Waals surface area contributed by atoms with Crippen LogP contribution in [-0.2, 0) is 14.0 Å². The molecular formula is C7H16O4Si. The summed E-state index contributed by atoms with van der Waals surface area (Å²) in [5.74, 6) is -0.942. The zero-order chi connectivity index (χ0) is 9.61. The summed E-state index contributed by atoms with van der Waals surface area (Å²) in [5, 5.41) is 8.22. The maximum atomic E-state index is 10.0. The quantitative estimate of drug-likeness (QED) is 0.502. The van der Waals surface area contributed by atoms with Crippen LogP contribution in [0.5, 0.6) is 0 Å². The summed E-state index contributed by atoms with van der Waals surface area (Å²) in [4.78, 5) is 10.0. The molecule has 0 bridgehead atoms. The number of carbonyl (C=O) groups is 1. The standard InChI is InChI=1S/C7H16O4Si/c1-12(2,3)11-5-4-10-6-7(8)9/h4-6H2,1-3H3,(H,8,9). The van der Waals surface area contributed by atoms with E-state index < -0.39 is 14.3 Å². The third kappa shape index (κ3) is 9.61. The van der Waals surface area contributed by atoms with Crippen molar-refractivity contribution < 1.29 is 19.1 Å². The van der Waals surface area contributed by atoms with Gasteiger partial charge in [0.15, 0.2) is 8.32 Å². The Hall–Kier alpha value is -0.393. The number of ether oxygens (including phenoxy) is 1. The van der Waals surface area contributed by atoms with E-state index in [2.05, 4.69) is 19.6 Å². The Morgan fingerprint density at radius 1 is 1.33 bits per heavy atom. The minimum absolute atomic E-state index is 0.241. The highest BCUT2D eigenvalue weighted by Gasteiger charge is 2.13. The molecule has 0 heterocycles. The summed E-state index contributed by atoms with van der Waals surface area (Å²) in [5.41, 5.74) is 0. The summed E-state index contributed by atoms with van der Waals surface area (Å²) < 4.78 is 10.2. The van der Waals surface area contributed by atoms with E-state index in [4.69, 9.17) is 14.3 Å². The molecule has 1 N–H and O–H groups in total. The molecule has 0 aromatic carbocycles. The SMILES string of the molecule is C[Si](C)(C)OCCOCC(=O)O. The van der Waals surface area contributed by atoms with E-state index in [1.54, 1.807) is 0 Å². The van der Waals surface area contributed by atoms with Gasteiger partial charge in [-0.15, -0.1) is 0 Å². The Morgan fingerprint density at radius 3 is 2.33 bits per heavy atom. The first-order valence-corrected chi connectivity index (χ1v) is 7.26. The van der Waals surface area contributed by atoms with E-state index in [0.29, 0.717) is 13.2 Å². The van der Waals surface area contributed by atoms with E-state index in [0.717, 1.165) is 0 Å². The zero-order valence-electron chi connectivity index (χ0n) is 7.79. The fraction of sp³-hybridized carbons (Fsp3) is 0.857. The second-order valence-electron chi connectivity index (χ2n) is 3.41. The van der Waals surface area contributed by atoms with Gasteiger partial charge in [0.1, 0.15) is 6.61 Å². The third-order valence-corrected chi connectivity index (χ3v) is 2.06. The number of carboxylic acids is 1. The lowest BCUT2D eigenvalue weighted by molar-refractivity contribution is -0.142. The first-order valence-electron chi connectivity index (χ1n) is 3.85. The summed E-state index contributed by atoms with van der Waals surface area (Å²) in [6.45, 7) is 6.83. The van der Waals surface area contributed by atoms with Gasteiger partial charge in [0.05, 0.1) is 13.2 Å². The Morgan fingerprint density at radius 2 is 1.92 bits per heavy atom. The average Bonchev–Trinajstić information content (AvgIpc) is 1.83. The number of hydrogen-bond acceptors (Lipinski definition) is 3. The molecule has 0 unspecified atom stereocenters. The van der Waals surface area contributed by atoms with Crippen LogP contribution in [0.4, 0.5) is 0 Å². The number of rotatable bonds is 6. The van der Waals surface area contributed by atoms with Crippen LogP contribution in [0.1, 0.15) is 0 Å². The maximum absolute atomic E-state index is 10.0. The molecule has 0 aromatic rings. The topological polar surface area (TPSA) is 55.8 Å². The molecule has 5 heteroatoms. The van der Waals surface area contributed by atoms with Crippen LogP contribution in [0.3, 0.4) is 0 Å². The van der Waals surface area contributed by atoms with Gasteiger partial charge in [-0.25, -0.2) is 4.79 Å². The Kier molecular flexibility index (Phi) is 5.11. The maximum Gasteiger partial charge on any atom is 0.329 e. The highest BCUT2D eigenvalue weighted by atomic mass is 28.4. The molecule has 72 valence electrons. The fourth-order valence-corrected chi connectivity index (χ4v) is 1.26. The molecule has 0 atom stereocenters. The van der Waals surface area contributed by atoms with Crippen molar-refractivity contribution in [2.24, 2.45) is 0 Å². The summed E-state index contributed by atoms with van der Waals surface area (Å²) in [6.07, 6.45) is 0. The van der Waals surface area contributed by atoms with Crippen LogP contribution in [0.2, 0.25) is 19.6 Å². The predicted molar refractivity (Wildman–Crippen MR) is 47.8 cm³/mol. The monoisotopic (exact) mass is 192 g/mol. The van der Waals surface area contributed by atoms with Crippen molar-refractivity contribution in [1.29, 1.82) is 0 Å². The van der Waals surface area contributed by atoms with Gasteiger partial charge in [-0.1, -0.05) is 0 Å². The van der Waals surface area contributed by atoms with E-state index in [1.165, 1.54) is 0 Å². The van der Waals surface area contributed by atoms with Gasteiger partial charge in [-0.05, 0) is 19.6 Å². The molecule has 0 fully saturated rings. The van der Waals surface area contributed by atoms with Crippen molar-refractivity contribution in [3.63, 3.8) is 0 Å². The van der Waals surface area contributed by atoms with Crippen LogP contribution >= 0.6 is 0 Å². The Balaban J connectivity index is 3.17. The minimum atomic E-state index is -1.46. The van der Waals surface area contributed by atoms with Gasteiger partial charge in [0.2, 0.25) is 0 Å². The molecule has 0 rings (SSSR count). The molecule has 0 aromatic heterocycles. The van der Waals surface area contributed by atoms with Crippen LogP contribution in [0.15, 0.2) is 0 Å². The van der Waals surface area contributed by atoms with E-state index in [9.17, 15) is 4.79 Å². The first-order chi connectivity index (χ1) is 5.42. The Bertz CT molecular complexity index is 141. The lowest BCUT2D eigenvalue weighted by Crippen LogP contribution is -2.27. The van der Waals surface area contributed by atoms with Crippen molar-refractivity contribution in [3.05, 3.63) is 0 Å². The van der Waals surface area contributed by atoms with Crippen LogP contribution in [0.25, 0.3) is 0 Å². The first kappa shape index (κ1) is 11.6. The molecule has 0 radical (unpaired) electrons. The van der Waals surface area contributed by atoms with Crippen molar-refractivity contribution in [2.45, 2.75) is 19.6 Å². The molecule has 0 amide bonds. The highest BCUT2D eigenvalue weighted by molar-refractivity contribution is 6.69. The van der Waals surface area contributed by atoms with Crippen molar-refractivity contribution in [1.82, 2.24) is 0 Å². The lowest BCUT2D eigenvalue weighted by Gasteiger charge is -2.16. The summed E-state index contributed by atoms with van der Waals surface area (Å²) >= 11 is 0. The van der Waals surface area contributed by atoms with E-state index in [-0.39, 0.29) is 6.61 Å². The lowest BCUT2D eigenvalue weighted by atomic mass is 10.7. The molecule has 0 aliphatic carbocycles. The van der Waals surface area contributed by atoms with Crippen LogP contribution < -0.4 is 0 Å². The minimum Gasteiger partial charge on any atom is -0.480 e. The largest absolute Gasteiger partial charge is 0.480 e. The predicted octanol–water partition coefficient (Wildman–Crippen LogP) is 0.939. The highest BCUT2D eigenvalue weighted by Crippen LogP contribution is 2.01. The van der Waals surface area contributed by atoms with Gasteiger partial charge < -0.3 is 14.3 Å². The van der Waals surface area contributed by atoms with Gasteiger partial charge in [-0.3, -0.25) is 0 Å². The van der Waals surface area contributed by atoms with Crippen LogP contribution in [0, 0.1) is 0 Å².